The number of hydrogen-bond acceptors (Lipinski definition) is 6. The van der Waals surface area contributed by atoms with Crippen molar-refractivity contribution in [1.82, 2.24) is 15.5 Å². The molecule has 0 bridgehead atoms. The van der Waals surface area contributed by atoms with Crippen molar-refractivity contribution in [3.8, 4) is 0 Å². The molecule has 0 aromatic heterocycles. The van der Waals surface area contributed by atoms with Gasteiger partial charge >= 0.3 is 5.97 Å². The number of aliphatic carboxylic acids is 1. The van der Waals surface area contributed by atoms with Gasteiger partial charge in [0.2, 0.25) is 17.7 Å². The van der Waals surface area contributed by atoms with Gasteiger partial charge in [0.25, 0.3) is 5.78 Å². The molecule has 10 heteroatoms. The zero-order chi connectivity index (χ0) is 23.1. The van der Waals surface area contributed by atoms with Gasteiger partial charge in [-0.2, -0.15) is 0 Å². The summed E-state index contributed by atoms with van der Waals surface area (Å²) in [5.74, 6) is -3.73. The van der Waals surface area contributed by atoms with E-state index in [1.54, 1.807) is 44.2 Å². The number of ketones is 1. The molecule has 0 saturated carbocycles. The molecular formula is C21H27N3O6S. The zero-order valence-corrected chi connectivity index (χ0v) is 18.5. The maximum Gasteiger partial charge on any atom is 0.374 e. The average Bonchev–Trinajstić information content (AvgIpc) is 3.21. The smallest absolute Gasteiger partial charge is 0.374 e. The molecule has 168 valence electrons. The van der Waals surface area contributed by atoms with E-state index >= 15 is 0 Å². The quantitative estimate of drug-likeness (QED) is 0.466. The van der Waals surface area contributed by atoms with Crippen LogP contribution in [0.3, 0.4) is 0 Å². The van der Waals surface area contributed by atoms with Gasteiger partial charge in [-0.25, -0.2) is 4.79 Å². The number of Topliss-reactive ketones (excluding diaryl/α,β-unsaturated/α-hetero) is 1. The fraction of sp³-hybridized carbons (Fsp3) is 0.476. The largest absolute Gasteiger partial charge is 0.475 e. The summed E-state index contributed by atoms with van der Waals surface area (Å²) in [6.45, 7) is 4.90. The lowest BCUT2D eigenvalue weighted by molar-refractivity contribution is -0.150. The number of carbonyl (C=O) groups excluding carboxylic acids is 4. The van der Waals surface area contributed by atoms with E-state index in [2.05, 4.69) is 10.6 Å². The maximum atomic E-state index is 13.0. The zero-order valence-electron chi connectivity index (χ0n) is 17.7. The van der Waals surface area contributed by atoms with Crippen molar-refractivity contribution in [1.29, 1.82) is 0 Å². The summed E-state index contributed by atoms with van der Waals surface area (Å²) < 4.78 is 0. The number of benzene rings is 1. The van der Waals surface area contributed by atoms with Crippen molar-refractivity contribution in [2.24, 2.45) is 5.92 Å². The lowest BCUT2D eigenvalue weighted by Crippen LogP contribution is -2.57. The second kappa shape index (κ2) is 10.9. The van der Waals surface area contributed by atoms with E-state index in [1.807, 2.05) is 0 Å². The Labute approximate surface area is 184 Å². The average molecular weight is 450 g/mol. The number of rotatable bonds is 9. The van der Waals surface area contributed by atoms with Gasteiger partial charge < -0.3 is 20.6 Å². The molecule has 1 aliphatic rings. The first-order valence-corrected chi connectivity index (χ1v) is 11.0. The highest BCUT2D eigenvalue weighted by molar-refractivity contribution is 7.99. The summed E-state index contributed by atoms with van der Waals surface area (Å²) in [5.41, 5.74) is 0.696. The highest BCUT2D eigenvalue weighted by Crippen LogP contribution is 2.23. The van der Waals surface area contributed by atoms with Gasteiger partial charge in [0.1, 0.15) is 18.1 Å². The second-order valence-corrected chi connectivity index (χ2v) is 8.67. The van der Waals surface area contributed by atoms with Gasteiger partial charge in [0.05, 0.1) is 5.88 Å². The fourth-order valence-corrected chi connectivity index (χ4v) is 4.43. The lowest BCUT2D eigenvalue weighted by atomic mass is 10.0. The minimum Gasteiger partial charge on any atom is -0.475 e. The van der Waals surface area contributed by atoms with Crippen LogP contribution in [-0.2, 0) is 30.4 Å². The summed E-state index contributed by atoms with van der Waals surface area (Å²) >= 11 is 1.37. The van der Waals surface area contributed by atoms with Crippen LogP contribution in [0.25, 0.3) is 0 Å². The number of nitrogens with zero attached hydrogens (tertiary/aromatic N) is 1. The Balaban J connectivity index is 2.17. The Kier molecular flexibility index (Phi) is 8.61. The normalized spacial score (nSPS) is 17.7. The van der Waals surface area contributed by atoms with Gasteiger partial charge in [-0.1, -0.05) is 44.2 Å². The number of thioether (sulfide) groups is 1. The summed E-state index contributed by atoms with van der Waals surface area (Å²) in [7, 11) is 0. The van der Waals surface area contributed by atoms with Crippen molar-refractivity contribution in [3.05, 3.63) is 35.9 Å². The number of carboxylic acid groups (broad SMARTS) is 1. The van der Waals surface area contributed by atoms with E-state index in [4.69, 9.17) is 5.11 Å². The predicted molar refractivity (Wildman–Crippen MR) is 115 cm³/mol. The predicted octanol–water partition coefficient (Wildman–Crippen LogP) is 0.430. The molecule has 0 radical (unpaired) electrons. The first-order valence-electron chi connectivity index (χ1n) is 9.88. The molecule has 3 atom stereocenters. The van der Waals surface area contributed by atoms with E-state index in [1.165, 1.54) is 23.6 Å². The van der Waals surface area contributed by atoms with Gasteiger partial charge in [-0.15, -0.1) is 11.8 Å². The Morgan fingerprint density at radius 2 is 1.77 bits per heavy atom. The van der Waals surface area contributed by atoms with Crippen LogP contribution in [0.2, 0.25) is 0 Å². The van der Waals surface area contributed by atoms with Crippen LogP contribution in [0.15, 0.2) is 30.3 Å². The molecule has 1 saturated heterocycles. The Morgan fingerprint density at radius 3 is 2.32 bits per heavy atom. The summed E-state index contributed by atoms with van der Waals surface area (Å²) in [5, 5.41) is 14.3. The molecule has 0 unspecified atom stereocenters. The number of carboxylic acids is 1. The third kappa shape index (κ3) is 6.55. The molecule has 3 N–H and O–H groups in total. The summed E-state index contributed by atoms with van der Waals surface area (Å²) in [6, 6.07) is 5.84. The first-order chi connectivity index (χ1) is 14.6. The molecule has 1 fully saturated rings. The van der Waals surface area contributed by atoms with Crippen LogP contribution in [0.5, 0.6) is 0 Å². The van der Waals surface area contributed by atoms with E-state index in [0.717, 1.165) is 0 Å². The topological polar surface area (TPSA) is 133 Å². The van der Waals surface area contributed by atoms with Crippen molar-refractivity contribution in [2.75, 3.05) is 11.6 Å². The molecule has 0 aliphatic carbocycles. The lowest BCUT2D eigenvalue weighted by Gasteiger charge is -2.30. The van der Waals surface area contributed by atoms with Crippen molar-refractivity contribution in [3.63, 3.8) is 0 Å². The molecule has 31 heavy (non-hydrogen) atoms. The van der Waals surface area contributed by atoms with Crippen molar-refractivity contribution in [2.45, 2.75) is 45.3 Å². The van der Waals surface area contributed by atoms with E-state index in [9.17, 15) is 24.0 Å². The maximum absolute atomic E-state index is 13.0. The monoisotopic (exact) mass is 449 g/mol. The number of amides is 3. The highest BCUT2D eigenvalue weighted by Gasteiger charge is 2.40. The second-order valence-electron chi connectivity index (χ2n) is 7.67. The molecule has 9 nitrogen and oxygen atoms in total. The Morgan fingerprint density at radius 1 is 1.13 bits per heavy atom. The van der Waals surface area contributed by atoms with E-state index in [0.29, 0.717) is 11.3 Å². The van der Waals surface area contributed by atoms with Gasteiger partial charge in [-0.05, 0) is 11.5 Å². The van der Waals surface area contributed by atoms with Crippen LogP contribution in [-0.4, -0.2) is 69.2 Å². The van der Waals surface area contributed by atoms with E-state index in [-0.39, 0.29) is 30.0 Å². The number of hydrogen-bond donors (Lipinski definition) is 3. The fourth-order valence-electron chi connectivity index (χ4n) is 3.26. The third-order valence-electron chi connectivity index (χ3n) is 4.89. The summed E-state index contributed by atoms with van der Waals surface area (Å²) in [6.07, 6.45) is 0.0199. The minimum absolute atomic E-state index is 0.0199. The van der Waals surface area contributed by atoms with Crippen LogP contribution < -0.4 is 10.6 Å². The first kappa shape index (κ1) is 24.4. The molecule has 1 heterocycles. The van der Waals surface area contributed by atoms with E-state index < -0.39 is 35.8 Å². The number of nitrogens with one attached hydrogen (secondary N) is 2. The number of carbonyl (C=O) groups is 5. The third-order valence-corrected chi connectivity index (χ3v) is 5.90. The standard InChI is InChI=1S/C21H27N3O6S/c1-12(2)17(22-13(3)25)20(28)24-11-31-10-16(24)19(27)23-15(18(26)21(29)30)9-14-7-5-4-6-8-14/h4-8,12,15-17H,9-11H2,1-3H3,(H,22,25)(H,23,27)(H,29,30)/t15-,16-,17-/m0/s1. The molecule has 2 rings (SSSR count). The SMILES string of the molecule is CC(=O)N[C@H](C(=O)N1CSC[C@H]1C(=O)N[C@@H](Cc1ccccc1)C(=O)C(=O)O)C(C)C. The molecule has 1 aliphatic heterocycles. The van der Waals surface area contributed by atoms with Crippen LogP contribution in [0, 0.1) is 5.92 Å². The van der Waals surface area contributed by atoms with Crippen LogP contribution in [0.1, 0.15) is 26.3 Å². The summed E-state index contributed by atoms with van der Waals surface area (Å²) in [4.78, 5) is 62.3. The van der Waals surface area contributed by atoms with Crippen molar-refractivity contribution < 1.29 is 29.1 Å². The Hall–Kier alpha value is -2.88. The van der Waals surface area contributed by atoms with Crippen molar-refractivity contribution >= 4 is 41.2 Å². The molecule has 0 spiro atoms. The minimum atomic E-state index is -1.64. The van der Waals surface area contributed by atoms with Crippen LogP contribution in [0.4, 0.5) is 0 Å². The van der Waals surface area contributed by atoms with Gasteiger partial charge in [-0.3, -0.25) is 19.2 Å². The molecule has 1 aromatic rings. The van der Waals surface area contributed by atoms with Gasteiger partial charge in [0.15, 0.2) is 0 Å². The molecule has 3 amide bonds. The van der Waals surface area contributed by atoms with Gasteiger partial charge in [0, 0.05) is 19.1 Å². The molecular weight excluding hydrogens is 422 g/mol. The Bertz CT molecular complexity index is 845. The molecule has 1 aromatic carbocycles. The highest BCUT2D eigenvalue weighted by atomic mass is 32.2. The van der Waals surface area contributed by atoms with Crippen LogP contribution >= 0.6 is 11.8 Å².